The molecule has 1 aliphatic heterocycles. The molecule has 0 N–H and O–H groups in total. The Balaban J connectivity index is 1.78. The molecule has 0 aliphatic carbocycles. The quantitative estimate of drug-likeness (QED) is 0.237. The number of sulfonamides is 1. The van der Waals surface area contributed by atoms with Gasteiger partial charge in [-0.25, -0.2) is 8.42 Å². The zero-order chi connectivity index (χ0) is 28.2. The summed E-state index contributed by atoms with van der Waals surface area (Å²) in [5.74, 6) is -1.58. The molecule has 204 valence electrons. The molecular formula is C33H37NO4S. The number of piperidine rings is 1. The Morgan fingerprint density at radius 3 is 1.97 bits per heavy atom. The van der Waals surface area contributed by atoms with Gasteiger partial charge in [0.2, 0.25) is 10.0 Å². The van der Waals surface area contributed by atoms with Crippen molar-refractivity contribution in [2.24, 2.45) is 23.2 Å². The maximum atomic E-state index is 14.0. The smallest absolute Gasteiger partial charge is 0.243 e. The van der Waals surface area contributed by atoms with Gasteiger partial charge in [0.05, 0.1) is 4.90 Å². The highest BCUT2D eigenvalue weighted by atomic mass is 32.2. The number of hydrogen-bond donors (Lipinski definition) is 0. The molecule has 1 fully saturated rings. The van der Waals surface area contributed by atoms with Crippen LogP contribution in [0.1, 0.15) is 53.5 Å². The second kappa shape index (κ2) is 11.8. The van der Waals surface area contributed by atoms with Crippen LogP contribution < -0.4 is 0 Å². The molecule has 1 saturated heterocycles. The maximum Gasteiger partial charge on any atom is 0.243 e. The minimum absolute atomic E-state index is 0.0580. The highest BCUT2D eigenvalue weighted by molar-refractivity contribution is 7.89. The number of benzene rings is 3. The van der Waals surface area contributed by atoms with E-state index in [9.17, 15) is 18.0 Å². The van der Waals surface area contributed by atoms with E-state index in [1.807, 2.05) is 55.5 Å². The van der Waals surface area contributed by atoms with E-state index in [2.05, 4.69) is 20.8 Å². The highest BCUT2D eigenvalue weighted by Gasteiger charge is 2.44. The van der Waals surface area contributed by atoms with Crippen molar-refractivity contribution in [2.45, 2.75) is 39.0 Å². The molecule has 0 bridgehead atoms. The first-order valence-electron chi connectivity index (χ1n) is 13.4. The number of hydrogen-bond acceptors (Lipinski definition) is 4. The first-order chi connectivity index (χ1) is 18.5. The Hall–Kier alpha value is -3.35. The fraction of sp³-hybridized carbons (Fsp3) is 0.333. The van der Waals surface area contributed by atoms with Crippen molar-refractivity contribution < 1.29 is 18.0 Å². The molecule has 3 atom stereocenters. The fourth-order valence-electron chi connectivity index (χ4n) is 5.17. The first-order valence-corrected chi connectivity index (χ1v) is 14.8. The number of carbonyl (C=O) groups excluding carboxylic acids is 2. The third kappa shape index (κ3) is 7.00. The van der Waals surface area contributed by atoms with Crippen molar-refractivity contribution in [3.63, 3.8) is 0 Å². The molecule has 1 aliphatic rings. The lowest BCUT2D eigenvalue weighted by Crippen LogP contribution is -2.51. The van der Waals surface area contributed by atoms with Gasteiger partial charge in [0.25, 0.3) is 0 Å². The molecule has 0 unspecified atom stereocenters. The Morgan fingerprint density at radius 2 is 1.41 bits per heavy atom. The average molecular weight is 544 g/mol. The summed E-state index contributed by atoms with van der Waals surface area (Å²) in [6.45, 7) is 8.38. The van der Waals surface area contributed by atoms with Crippen LogP contribution in [0.3, 0.4) is 0 Å². The van der Waals surface area contributed by atoms with Gasteiger partial charge < -0.3 is 0 Å². The number of aryl methyl sites for hydroxylation is 1. The molecule has 4 rings (SSSR count). The van der Waals surface area contributed by atoms with Crippen molar-refractivity contribution in [2.75, 3.05) is 13.1 Å². The largest absolute Gasteiger partial charge is 0.294 e. The molecule has 0 radical (unpaired) electrons. The van der Waals surface area contributed by atoms with E-state index in [1.165, 1.54) is 4.31 Å². The molecule has 0 amide bonds. The van der Waals surface area contributed by atoms with Crippen molar-refractivity contribution >= 4 is 21.6 Å². The fourth-order valence-corrected chi connectivity index (χ4v) is 6.71. The Morgan fingerprint density at radius 1 is 0.846 bits per heavy atom. The highest BCUT2D eigenvalue weighted by Crippen LogP contribution is 2.38. The van der Waals surface area contributed by atoms with Gasteiger partial charge in [0.1, 0.15) is 0 Å². The monoisotopic (exact) mass is 543 g/mol. The van der Waals surface area contributed by atoms with Crippen LogP contribution in [-0.4, -0.2) is 37.4 Å². The summed E-state index contributed by atoms with van der Waals surface area (Å²) in [6, 6.07) is 24.9. The standard InChI is InChI=1S/C33H37NO4S/c1-24-15-17-29(18-16-24)39(37,38)34-22-27(19-20-33(2,3)4)31(32(36)26-13-9-6-10-14-26)28(23-34)21-30(35)25-11-7-5-8-12-25/h5-20,27-28,31H,21-23H2,1-4H3/b20-19+/t27-,28+,31+/m0/s1. The summed E-state index contributed by atoms with van der Waals surface area (Å²) in [5.41, 5.74) is 1.94. The van der Waals surface area contributed by atoms with Crippen LogP contribution >= 0.6 is 0 Å². The number of rotatable bonds is 8. The van der Waals surface area contributed by atoms with Crippen LogP contribution in [0.2, 0.25) is 0 Å². The zero-order valence-corrected chi connectivity index (χ0v) is 23.9. The van der Waals surface area contributed by atoms with Crippen molar-refractivity contribution in [1.82, 2.24) is 4.31 Å². The van der Waals surface area contributed by atoms with Gasteiger partial charge in [0, 0.05) is 42.5 Å². The van der Waals surface area contributed by atoms with Crippen molar-refractivity contribution in [3.8, 4) is 0 Å². The molecule has 1 heterocycles. The number of nitrogens with zero attached hydrogens (tertiary/aromatic N) is 1. The number of ketones is 2. The molecule has 6 heteroatoms. The van der Waals surface area contributed by atoms with Gasteiger partial charge in [-0.05, 0) is 30.4 Å². The van der Waals surface area contributed by atoms with Crippen LogP contribution in [0.15, 0.2) is 102 Å². The van der Waals surface area contributed by atoms with Crippen molar-refractivity contribution in [1.29, 1.82) is 0 Å². The molecule has 5 nitrogen and oxygen atoms in total. The molecule has 0 saturated carbocycles. The predicted molar refractivity (Wildman–Crippen MR) is 155 cm³/mol. The van der Waals surface area contributed by atoms with E-state index >= 15 is 0 Å². The number of allylic oxidation sites excluding steroid dienone is 1. The minimum atomic E-state index is -3.84. The van der Waals surface area contributed by atoms with Crippen molar-refractivity contribution in [3.05, 3.63) is 114 Å². The lowest BCUT2D eigenvalue weighted by Gasteiger charge is -2.42. The summed E-state index contributed by atoms with van der Waals surface area (Å²) < 4.78 is 29.1. The van der Waals surface area contributed by atoms with Gasteiger partial charge in [-0.1, -0.05) is 111 Å². The van der Waals surface area contributed by atoms with E-state index in [0.29, 0.717) is 11.1 Å². The molecule has 0 aromatic heterocycles. The second-order valence-electron chi connectivity index (χ2n) is 11.5. The number of carbonyl (C=O) groups is 2. The second-order valence-corrected chi connectivity index (χ2v) is 13.5. The molecule has 3 aromatic carbocycles. The van der Waals surface area contributed by atoms with Gasteiger partial charge in [-0.3, -0.25) is 9.59 Å². The van der Waals surface area contributed by atoms with E-state index < -0.39 is 21.9 Å². The first kappa shape index (κ1) is 28.7. The lowest BCUT2D eigenvalue weighted by atomic mass is 9.71. The summed E-state index contributed by atoms with van der Waals surface area (Å²) in [7, 11) is -3.84. The van der Waals surface area contributed by atoms with Crippen LogP contribution in [0.25, 0.3) is 0 Å². The maximum absolute atomic E-state index is 14.0. The third-order valence-electron chi connectivity index (χ3n) is 7.23. The third-order valence-corrected chi connectivity index (χ3v) is 9.07. The molecule has 3 aromatic rings. The van der Waals surface area contributed by atoms with Gasteiger partial charge >= 0.3 is 0 Å². The van der Waals surface area contributed by atoms with Crippen LogP contribution in [0.4, 0.5) is 0 Å². The molecular weight excluding hydrogens is 506 g/mol. The molecule has 0 spiro atoms. The predicted octanol–water partition coefficient (Wildman–Crippen LogP) is 6.61. The van der Waals surface area contributed by atoms with Crippen LogP contribution in [-0.2, 0) is 10.0 Å². The van der Waals surface area contributed by atoms with Crippen LogP contribution in [0, 0.1) is 30.1 Å². The Bertz CT molecular complexity index is 1420. The van der Waals surface area contributed by atoms with E-state index in [-0.39, 0.29) is 47.3 Å². The summed E-state index contributed by atoms with van der Waals surface area (Å²) in [5, 5.41) is 0. The Kier molecular flexibility index (Phi) is 8.67. The summed E-state index contributed by atoms with van der Waals surface area (Å²) in [6.07, 6.45) is 4.11. The molecule has 39 heavy (non-hydrogen) atoms. The normalized spacial score (nSPS) is 20.7. The summed E-state index contributed by atoms with van der Waals surface area (Å²) in [4.78, 5) is 27.6. The SMILES string of the molecule is Cc1ccc(S(=O)(=O)N2C[C@@H](CC(=O)c3ccccc3)[C@H](C(=O)c3ccccc3)[C@@H](/C=C/C(C)(C)C)C2)cc1. The number of Topliss-reactive ketones (excluding diaryl/α,β-unsaturated/α-hetero) is 2. The van der Waals surface area contributed by atoms with E-state index in [4.69, 9.17) is 0 Å². The average Bonchev–Trinajstić information content (AvgIpc) is 2.92. The van der Waals surface area contributed by atoms with Gasteiger partial charge in [0.15, 0.2) is 11.6 Å². The van der Waals surface area contributed by atoms with Gasteiger partial charge in [-0.15, -0.1) is 0 Å². The minimum Gasteiger partial charge on any atom is -0.294 e. The topological polar surface area (TPSA) is 71.5 Å². The van der Waals surface area contributed by atoms with Crippen LogP contribution in [0.5, 0.6) is 0 Å². The Labute approximate surface area is 232 Å². The van der Waals surface area contributed by atoms with E-state index in [1.54, 1.807) is 48.5 Å². The lowest BCUT2D eigenvalue weighted by molar-refractivity contribution is 0.0668. The van der Waals surface area contributed by atoms with Gasteiger partial charge in [-0.2, -0.15) is 4.31 Å². The zero-order valence-electron chi connectivity index (χ0n) is 23.1. The van der Waals surface area contributed by atoms with E-state index in [0.717, 1.165) is 5.56 Å². The summed E-state index contributed by atoms with van der Waals surface area (Å²) >= 11 is 0.